The van der Waals surface area contributed by atoms with Crippen molar-refractivity contribution in [2.75, 3.05) is 0 Å². The van der Waals surface area contributed by atoms with Gasteiger partial charge < -0.3 is 5.11 Å². The monoisotopic (exact) mass is 330 g/mol. The molecule has 4 fully saturated rings. The number of aliphatic hydroxyl groups is 1. The lowest BCUT2D eigenvalue weighted by atomic mass is 9.48. The largest absolute Gasteiger partial charge is 0.390 e. The molecule has 0 amide bonds. The first-order chi connectivity index (χ1) is 11.2. The third kappa shape index (κ3) is 2.44. The van der Waals surface area contributed by atoms with Crippen molar-refractivity contribution in [3.8, 4) is 0 Å². The van der Waals surface area contributed by atoms with Gasteiger partial charge in [0, 0.05) is 0 Å². The maximum Gasteiger partial charge on any atom is 0.0622 e. The van der Waals surface area contributed by atoms with Crippen molar-refractivity contribution in [2.45, 2.75) is 84.7 Å². The first kappa shape index (κ1) is 17.1. The Morgan fingerprint density at radius 3 is 2.42 bits per heavy atom. The maximum absolute atomic E-state index is 10.5. The van der Waals surface area contributed by atoms with Crippen LogP contribution in [0.5, 0.6) is 0 Å². The molecule has 0 saturated heterocycles. The Balaban J connectivity index is 1.59. The highest BCUT2D eigenvalue weighted by molar-refractivity contribution is 5.15. The normalized spacial score (nSPS) is 57.0. The van der Waals surface area contributed by atoms with Crippen LogP contribution < -0.4 is 0 Å². The van der Waals surface area contributed by atoms with Gasteiger partial charge in [0.05, 0.1) is 5.60 Å². The second-order valence-corrected chi connectivity index (χ2v) is 10.8. The first-order valence-electron chi connectivity index (χ1n) is 10.6. The van der Waals surface area contributed by atoms with E-state index in [1.165, 1.54) is 44.1 Å². The van der Waals surface area contributed by atoms with Gasteiger partial charge in [-0.3, -0.25) is 0 Å². The molecule has 24 heavy (non-hydrogen) atoms. The van der Waals surface area contributed by atoms with Gasteiger partial charge in [0.1, 0.15) is 0 Å². The molecular formula is C23H38O. The number of hydrogen-bond acceptors (Lipinski definition) is 1. The van der Waals surface area contributed by atoms with Crippen LogP contribution in [0.4, 0.5) is 0 Å². The lowest BCUT2D eigenvalue weighted by Crippen LogP contribution is -2.51. The molecule has 0 unspecified atom stereocenters. The molecule has 4 aliphatic rings. The summed E-state index contributed by atoms with van der Waals surface area (Å²) in [7, 11) is 0. The summed E-state index contributed by atoms with van der Waals surface area (Å²) < 4.78 is 0. The highest BCUT2D eigenvalue weighted by atomic mass is 16.3. The summed E-state index contributed by atoms with van der Waals surface area (Å²) in [5, 5.41) is 10.5. The van der Waals surface area contributed by atoms with Crippen molar-refractivity contribution < 1.29 is 5.11 Å². The third-order valence-electron chi connectivity index (χ3n) is 9.14. The molecule has 1 heteroatoms. The third-order valence-corrected chi connectivity index (χ3v) is 9.14. The Morgan fingerprint density at radius 2 is 1.71 bits per heavy atom. The van der Waals surface area contributed by atoms with Gasteiger partial charge in [-0.05, 0) is 112 Å². The van der Waals surface area contributed by atoms with Gasteiger partial charge >= 0.3 is 0 Å². The van der Waals surface area contributed by atoms with Gasteiger partial charge in [-0.25, -0.2) is 0 Å². The van der Waals surface area contributed by atoms with Crippen LogP contribution in [0.3, 0.4) is 0 Å². The van der Waals surface area contributed by atoms with Crippen molar-refractivity contribution in [3.05, 3.63) is 12.2 Å². The lowest BCUT2D eigenvalue weighted by Gasteiger charge is -2.57. The van der Waals surface area contributed by atoms with E-state index in [1.807, 2.05) is 0 Å². The standard InChI is InChI=1S/C23H38O/c1-14(2)20-12-15(3)21-19-7-6-16-13-22(4,24)10-8-17(16)18(19)9-11-23(20,21)5/h15-21,24H,1,6-13H2,2-5H3/t15-,16-,17+,18-,19-,20-,21+,22-,23-/m1/s1. The second-order valence-electron chi connectivity index (χ2n) is 10.8. The Bertz CT molecular complexity index is 520. The molecule has 1 nitrogen and oxygen atoms in total. The van der Waals surface area contributed by atoms with Crippen molar-refractivity contribution in [2.24, 2.45) is 46.8 Å². The minimum atomic E-state index is -0.386. The van der Waals surface area contributed by atoms with E-state index in [9.17, 15) is 5.11 Å². The number of hydrogen-bond donors (Lipinski definition) is 1. The lowest BCUT2D eigenvalue weighted by molar-refractivity contribution is -0.103. The molecular weight excluding hydrogens is 292 g/mol. The molecule has 0 spiro atoms. The summed E-state index contributed by atoms with van der Waals surface area (Å²) in [6.45, 7) is 13.9. The molecule has 0 bridgehead atoms. The van der Waals surface area contributed by atoms with Crippen molar-refractivity contribution in [1.82, 2.24) is 0 Å². The Morgan fingerprint density at radius 1 is 1.00 bits per heavy atom. The van der Waals surface area contributed by atoms with Crippen LogP contribution in [0.1, 0.15) is 79.1 Å². The molecule has 4 rings (SSSR count). The predicted molar refractivity (Wildman–Crippen MR) is 101 cm³/mol. The smallest absolute Gasteiger partial charge is 0.0622 e. The quantitative estimate of drug-likeness (QED) is 0.600. The molecule has 4 aliphatic carbocycles. The van der Waals surface area contributed by atoms with Crippen molar-refractivity contribution in [1.29, 1.82) is 0 Å². The van der Waals surface area contributed by atoms with E-state index in [2.05, 4.69) is 34.3 Å². The SMILES string of the molecule is C=C(C)[C@H]1C[C@@H](C)[C@H]2[C@@H]3CC[C@@H]4C[C@](C)(O)CC[C@@H]4[C@H]3CC[C@@]21C. The van der Waals surface area contributed by atoms with Crippen LogP contribution in [-0.4, -0.2) is 10.7 Å². The first-order valence-corrected chi connectivity index (χ1v) is 10.6. The van der Waals surface area contributed by atoms with Gasteiger partial charge in [0.2, 0.25) is 0 Å². The van der Waals surface area contributed by atoms with E-state index >= 15 is 0 Å². The Labute approximate surface area is 149 Å². The molecule has 0 aromatic carbocycles. The van der Waals surface area contributed by atoms with E-state index < -0.39 is 0 Å². The zero-order chi connectivity index (χ0) is 17.3. The van der Waals surface area contributed by atoms with E-state index in [0.717, 1.165) is 54.3 Å². The molecule has 4 saturated carbocycles. The molecule has 0 aliphatic heterocycles. The summed E-state index contributed by atoms with van der Waals surface area (Å²) in [6, 6.07) is 0. The van der Waals surface area contributed by atoms with Gasteiger partial charge in [-0.2, -0.15) is 0 Å². The summed E-state index contributed by atoms with van der Waals surface area (Å²) >= 11 is 0. The van der Waals surface area contributed by atoms with E-state index in [1.54, 1.807) is 0 Å². The minimum Gasteiger partial charge on any atom is -0.390 e. The predicted octanol–water partition coefficient (Wildman–Crippen LogP) is 5.83. The van der Waals surface area contributed by atoms with E-state index in [4.69, 9.17) is 0 Å². The van der Waals surface area contributed by atoms with Crippen LogP contribution in [0.2, 0.25) is 0 Å². The topological polar surface area (TPSA) is 20.2 Å². The van der Waals surface area contributed by atoms with Crippen molar-refractivity contribution in [3.63, 3.8) is 0 Å². The molecule has 0 heterocycles. The summed E-state index contributed by atoms with van der Waals surface area (Å²) in [5.41, 5.74) is 1.56. The van der Waals surface area contributed by atoms with E-state index in [0.29, 0.717) is 5.41 Å². The summed E-state index contributed by atoms with van der Waals surface area (Å²) in [6.07, 6.45) is 10.4. The number of fused-ring (bicyclic) bond motifs is 5. The van der Waals surface area contributed by atoms with Gasteiger partial charge in [0.25, 0.3) is 0 Å². The average molecular weight is 331 g/mol. The van der Waals surface area contributed by atoms with E-state index in [-0.39, 0.29) is 5.60 Å². The fraction of sp³-hybridized carbons (Fsp3) is 0.913. The highest BCUT2D eigenvalue weighted by Gasteiger charge is 2.59. The van der Waals surface area contributed by atoms with Gasteiger partial charge in [-0.15, -0.1) is 0 Å². The Kier molecular flexibility index (Phi) is 4.00. The number of allylic oxidation sites excluding steroid dienone is 1. The summed E-state index contributed by atoms with van der Waals surface area (Å²) in [4.78, 5) is 0. The molecule has 1 N–H and O–H groups in total. The maximum atomic E-state index is 10.5. The van der Waals surface area contributed by atoms with Crippen LogP contribution in [0, 0.1) is 46.8 Å². The van der Waals surface area contributed by atoms with Gasteiger partial charge in [-0.1, -0.05) is 26.0 Å². The number of rotatable bonds is 1. The highest BCUT2D eigenvalue weighted by Crippen LogP contribution is 2.67. The molecule has 9 atom stereocenters. The Hall–Kier alpha value is -0.300. The second kappa shape index (κ2) is 5.60. The van der Waals surface area contributed by atoms with Crippen molar-refractivity contribution >= 4 is 0 Å². The van der Waals surface area contributed by atoms with Crippen LogP contribution in [0.15, 0.2) is 12.2 Å². The van der Waals surface area contributed by atoms with Gasteiger partial charge in [0.15, 0.2) is 0 Å². The fourth-order valence-corrected chi connectivity index (χ4v) is 8.39. The summed E-state index contributed by atoms with van der Waals surface area (Å²) in [5.74, 6) is 6.14. The molecule has 136 valence electrons. The van der Waals surface area contributed by atoms with Crippen LogP contribution >= 0.6 is 0 Å². The molecule has 0 radical (unpaired) electrons. The van der Waals surface area contributed by atoms with Crippen LogP contribution in [0.25, 0.3) is 0 Å². The zero-order valence-corrected chi connectivity index (χ0v) is 16.4. The fourth-order valence-electron chi connectivity index (χ4n) is 8.39. The molecule has 0 aromatic rings. The molecule has 0 aromatic heterocycles. The van der Waals surface area contributed by atoms with Crippen LogP contribution in [-0.2, 0) is 0 Å². The minimum absolute atomic E-state index is 0.386. The zero-order valence-electron chi connectivity index (χ0n) is 16.4. The average Bonchev–Trinajstić information content (AvgIpc) is 2.77.